The molecule has 0 N–H and O–H groups in total. The lowest BCUT2D eigenvalue weighted by Crippen LogP contribution is -1.81. The molecular formula is C11H12O. The van der Waals surface area contributed by atoms with Gasteiger partial charge in [0.15, 0.2) is 0 Å². The first kappa shape index (κ1) is 8.72. The van der Waals surface area contributed by atoms with Gasteiger partial charge in [-0.15, -0.1) is 0 Å². The number of hydrogen-bond donors (Lipinski definition) is 0. The van der Waals surface area contributed by atoms with E-state index in [0.717, 1.165) is 17.4 Å². The van der Waals surface area contributed by atoms with Gasteiger partial charge in [-0.1, -0.05) is 29.8 Å². The number of rotatable bonds is 2. The Kier molecular flexibility index (Phi) is 2.81. The Labute approximate surface area is 72.7 Å². The van der Waals surface area contributed by atoms with Gasteiger partial charge in [0, 0.05) is 0 Å². The van der Waals surface area contributed by atoms with Gasteiger partial charge in [0.2, 0.25) is 0 Å². The minimum Gasteiger partial charge on any atom is -0.299 e. The summed E-state index contributed by atoms with van der Waals surface area (Å²) in [5, 5.41) is 0. The molecular weight excluding hydrogens is 148 g/mol. The Hall–Kier alpha value is -1.37. The highest BCUT2D eigenvalue weighted by atomic mass is 16.1. The number of carbonyl (C=O) groups is 1. The van der Waals surface area contributed by atoms with Crippen LogP contribution in [0.15, 0.2) is 30.3 Å². The molecule has 0 aliphatic heterocycles. The van der Waals surface area contributed by atoms with Gasteiger partial charge < -0.3 is 0 Å². The van der Waals surface area contributed by atoms with Crippen LogP contribution in [0.3, 0.4) is 0 Å². The third-order valence-electron chi connectivity index (χ3n) is 1.79. The predicted octanol–water partition coefficient (Wildman–Crippen LogP) is 2.60. The zero-order valence-corrected chi connectivity index (χ0v) is 7.37. The Bertz CT molecular complexity index is 311. The Morgan fingerprint density at radius 1 is 1.42 bits per heavy atom. The number of aryl methyl sites for hydroxylation is 1. The molecule has 1 aromatic rings. The van der Waals surface area contributed by atoms with E-state index in [0.29, 0.717) is 0 Å². The second-order valence-corrected chi connectivity index (χ2v) is 2.86. The van der Waals surface area contributed by atoms with Crippen LogP contribution in [0.4, 0.5) is 0 Å². The zero-order valence-electron chi connectivity index (χ0n) is 7.37. The molecule has 1 nitrogen and oxygen atoms in total. The lowest BCUT2D eigenvalue weighted by molar-refractivity contribution is -0.104. The smallest absolute Gasteiger partial charge is 0.143 e. The summed E-state index contributed by atoms with van der Waals surface area (Å²) in [4.78, 5) is 10.2. The maximum absolute atomic E-state index is 10.2. The van der Waals surface area contributed by atoms with E-state index < -0.39 is 0 Å². The zero-order chi connectivity index (χ0) is 8.97. The lowest BCUT2D eigenvalue weighted by Gasteiger charge is -2.00. The average molecular weight is 160 g/mol. The molecule has 0 saturated carbocycles. The lowest BCUT2D eigenvalue weighted by atomic mass is 10.1. The van der Waals surface area contributed by atoms with Crippen molar-refractivity contribution in [2.75, 3.05) is 0 Å². The monoisotopic (exact) mass is 160 g/mol. The van der Waals surface area contributed by atoms with Gasteiger partial charge in [0.1, 0.15) is 6.29 Å². The van der Waals surface area contributed by atoms with Gasteiger partial charge in [-0.3, -0.25) is 4.79 Å². The van der Waals surface area contributed by atoms with E-state index in [1.807, 2.05) is 32.0 Å². The van der Waals surface area contributed by atoms with Crippen LogP contribution in [0.2, 0.25) is 0 Å². The minimum absolute atomic E-state index is 0.817. The highest BCUT2D eigenvalue weighted by Gasteiger charge is 1.93. The van der Waals surface area contributed by atoms with E-state index in [1.165, 1.54) is 5.56 Å². The topological polar surface area (TPSA) is 17.1 Å². The molecule has 1 heteroatoms. The summed E-state index contributed by atoms with van der Waals surface area (Å²) in [6.07, 6.45) is 2.40. The molecule has 0 heterocycles. The standard InChI is InChI=1S/C11H12O/c1-9-4-3-5-11(8-9)10(2)6-7-12/h3-8H,1-2H3/b10-6+. The van der Waals surface area contributed by atoms with Gasteiger partial charge >= 0.3 is 0 Å². The van der Waals surface area contributed by atoms with E-state index in [4.69, 9.17) is 0 Å². The molecule has 0 aromatic heterocycles. The van der Waals surface area contributed by atoms with Crippen LogP contribution < -0.4 is 0 Å². The van der Waals surface area contributed by atoms with Gasteiger partial charge in [0.25, 0.3) is 0 Å². The quantitative estimate of drug-likeness (QED) is 0.480. The van der Waals surface area contributed by atoms with E-state index in [2.05, 4.69) is 6.07 Å². The summed E-state index contributed by atoms with van der Waals surface area (Å²) in [5.74, 6) is 0. The van der Waals surface area contributed by atoms with E-state index in [-0.39, 0.29) is 0 Å². The first-order valence-corrected chi connectivity index (χ1v) is 3.93. The maximum Gasteiger partial charge on any atom is 0.143 e. The summed E-state index contributed by atoms with van der Waals surface area (Å²) >= 11 is 0. The number of allylic oxidation sites excluding steroid dienone is 2. The molecule has 0 radical (unpaired) electrons. The molecule has 0 aliphatic rings. The fraction of sp³-hybridized carbons (Fsp3) is 0.182. The Morgan fingerprint density at radius 2 is 2.17 bits per heavy atom. The van der Waals surface area contributed by atoms with Gasteiger partial charge in [0.05, 0.1) is 0 Å². The number of benzene rings is 1. The summed E-state index contributed by atoms with van der Waals surface area (Å²) in [6, 6.07) is 8.10. The average Bonchev–Trinajstić information content (AvgIpc) is 2.05. The molecule has 0 spiro atoms. The van der Waals surface area contributed by atoms with Gasteiger partial charge in [-0.05, 0) is 31.1 Å². The molecule has 0 atom stereocenters. The van der Waals surface area contributed by atoms with Crippen LogP contribution in [0.5, 0.6) is 0 Å². The van der Waals surface area contributed by atoms with Crippen molar-refractivity contribution < 1.29 is 4.79 Å². The largest absolute Gasteiger partial charge is 0.299 e. The van der Waals surface area contributed by atoms with Crippen molar-refractivity contribution in [3.05, 3.63) is 41.5 Å². The minimum atomic E-state index is 0.817. The first-order chi connectivity index (χ1) is 5.74. The summed E-state index contributed by atoms with van der Waals surface area (Å²) in [7, 11) is 0. The third-order valence-corrected chi connectivity index (χ3v) is 1.79. The van der Waals surface area contributed by atoms with Crippen LogP contribution in [0.1, 0.15) is 18.1 Å². The Morgan fingerprint density at radius 3 is 2.75 bits per heavy atom. The van der Waals surface area contributed by atoms with Gasteiger partial charge in [-0.2, -0.15) is 0 Å². The molecule has 0 amide bonds. The SMILES string of the molecule is C/C(=C\C=O)c1cccc(C)c1. The molecule has 1 aromatic carbocycles. The highest BCUT2D eigenvalue weighted by Crippen LogP contribution is 2.13. The van der Waals surface area contributed by atoms with Crippen LogP contribution in [0.25, 0.3) is 5.57 Å². The summed E-state index contributed by atoms with van der Waals surface area (Å²) in [5.41, 5.74) is 3.34. The fourth-order valence-electron chi connectivity index (χ4n) is 1.09. The maximum atomic E-state index is 10.2. The van der Waals surface area contributed by atoms with Gasteiger partial charge in [-0.25, -0.2) is 0 Å². The molecule has 0 saturated heterocycles. The molecule has 12 heavy (non-hydrogen) atoms. The van der Waals surface area contributed by atoms with Crippen molar-refractivity contribution in [1.82, 2.24) is 0 Å². The van der Waals surface area contributed by atoms with Crippen molar-refractivity contribution in [1.29, 1.82) is 0 Å². The van der Waals surface area contributed by atoms with Crippen molar-refractivity contribution in [3.63, 3.8) is 0 Å². The normalized spacial score (nSPS) is 11.3. The van der Waals surface area contributed by atoms with Crippen molar-refractivity contribution in [3.8, 4) is 0 Å². The van der Waals surface area contributed by atoms with Crippen LogP contribution >= 0.6 is 0 Å². The number of carbonyl (C=O) groups excluding carboxylic acids is 1. The molecule has 62 valence electrons. The second-order valence-electron chi connectivity index (χ2n) is 2.86. The van der Waals surface area contributed by atoms with Crippen LogP contribution in [0, 0.1) is 6.92 Å². The number of hydrogen-bond acceptors (Lipinski definition) is 1. The fourth-order valence-corrected chi connectivity index (χ4v) is 1.09. The predicted molar refractivity (Wildman–Crippen MR) is 50.9 cm³/mol. The molecule has 0 fully saturated rings. The van der Waals surface area contributed by atoms with Crippen molar-refractivity contribution in [2.24, 2.45) is 0 Å². The van der Waals surface area contributed by atoms with Crippen molar-refractivity contribution in [2.45, 2.75) is 13.8 Å². The first-order valence-electron chi connectivity index (χ1n) is 3.93. The van der Waals surface area contributed by atoms with E-state index in [9.17, 15) is 4.79 Å². The molecule has 1 rings (SSSR count). The van der Waals surface area contributed by atoms with Crippen LogP contribution in [-0.2, 0) is 4.79 Å². The summed E-state index contributed by atoms with van der Waals surface area (Å²) in [6.45, 7) is 3.97. The van der Waals surface area contributed by atoms with E-state index >= 15 is 0 Å². The van der Waals surface area contributed by atoms with Crippen molar-refractivity contribution >= 4 is 11.9 Å². The molecule has 0 aliphatic carbocycles. The van der Waals surface area contributed by atoms with E-state index in [1.54, 1.807) is 6.08 Å². The second kappa shape index (κ2) is 3.86. The molecule has 0 unspecified atom stereocenters. The Balaban J connectivity index is 3.03. The third kappa shape index (κ3) is 2.06. The number of aldehydes is 1. The summed E-state index contributed by atoms with van der Waals surface area (Å²) < 4.78 is 0. The molecule has 0 bridgehead atoms. The highest BCUT2D eigenvalue weighted by molar-refractivity contribution is 5.80. The van der Waals surface area contributed by atoms with Crippen LogP contribution in [-0.4, -0.2) is 6.29 Å².